The number of fused-ring (bicyclic) bond motifs is 4. The van der Waals surface area contributed by atoms with Gasteiger partial charge in [0.2, 0.25) is 11.6 Å². The molecule has 0 spiro atoms. The molecule has 2 aromatic rings. The Kier molecular flexibility index (Phi) is 2.54. The molecule has 110 valence electrons. The van der Waals surface area contributed by atoms with E-state index in [-0.39, 0.29) is 12.2 Å². The molecule has 0 aliphatic heterocycles. The van der Waals surface area contributed by atoms with Crippen molar-refractivity contribution >= 4 is 23.7 Å². The summed E-state index contributed by atoms with van der Waals surface area (Å²) in [7, 11) is 3.20. The van der Waals surface area contributed by atoms with Gasteiger partial charge in [-0.15, -0.1) is 0 Å². The predicted octanol–water partition coefficient (Wildman–Crippen LogP) is 0.397. The Hall–Kier alpha value is -2.82. The Bertz CT molecular complexity index is 1060. The van der Waals surface area contributed by atoms with Crippen LogP contribution in [0.4, 0.5) is 0 Å². The number of rotatable bonds is 2. The minimum Gasteiger partial charge on any atom is -0.496 e. The number of ether oxygens (including phenoxy) is 2. The lowest BCUT2D eigenvalue weighted by molar-refractivity contribution is -0.114. The standard InChI is InChI=1S/C17H13NO4/c1-21-12-5-6-13(22-2)15-8(12)7-9-14-10(18-16(9)15)3-4-11(19)17(14)20/h3,5-7,18H,4H2,1-2H3. The van der Waals surface area contributed by atoms with Crippen LogP contribution in [0.3, 0.4) is 0 Å². The summed E-state index contributed by atoms with van der Waals surface area (Å²) in [5.41, 5.74) is 1.19. The second kappa shape index (κ2) is 4.34. The van der Waals surface area contributed by atoms with Crippen LogP contribution in [0, 0.1) is 10.6 Å². The molecular formula is C17H13NO4. The first kappa shape index (κ1) is 12.9. The number of Topliss-reactive ketones (excluding diaryl/α,β-unsaturated/α-hetero) is 2. The Labute approximate surface area is 125 Å². The van der Waals surface area contributed by atoms with Gasteiger partial charge in [0.15, 0.2) is 0 Å². The lowest BCUT2D eigenvalue weighted by Gasteiger charge is -2.05. The topological polar surface area (TPSA) is 68.4 Å². The van der Waals surface area contributed by atoms with Crippen LogP contribution in [0.5, 0.6) is 11.5 Å². The first-order valence-electron chi connectivity index (χ1n) is 6.92. The fraction of sp³-hybridized carbons (Fsp3) is 0.176. The van der Waals surface area contributed by atoms with Crippen LogP contribution in [0.25, 0.3) is 12.2 Å². The first-order chi connectivity index (χ1) is 10.7. The number of carbonyl (C=O) groups excluding carboxylic acids is 2. The SMILES string of the molecule is COc1ccc(OC)c2c1=Cc1c3c([nH]c1=2)=CCC(=O)C3=O. The van der Waals surface area contributed by atoms with Gasteiger partial charge >= 0.3 is 0 Å². The molecule has 0 atom stereocenters. The molecule has 2 aliphatic rings. The quantitative estimate of drug-likeness (QED) is 0.695. The van der Waals surface area contributed by atoms with E-state index >= 15 is 0 Å². The van der Waals surface area contributed by atoms with Crippen molar-refractivity contribution in [3.8, 4) is 11.5 Å². The molecule has 0 bridgehead atoms. The Balaban J connectivity index is 2.23. The molecule has 2 aliphatic carbocycles. The summed E-state index contributed by atoms with van der Waals surface area (Å²) in [5, 5.41) is 3.23. The monoisotopic (exact) mass is 295 g/mol. The number of H-pyrrole nitrogens is 1. The molecule has 0 saturated carbocycles. The third-order valence-corrected chi connectivity index (χ3v) is 4.19. The molecule has 1 heterocycles. The van der Waals surface area contributed by atoms with E-state index in [4.69, 9.17) is 9.47 Å². The molecule has 1 N–H and O–H groups in total. The number of methoxy groups -OCH3 is 2. The number of ketones is 2. The van der Waals surface area contributed by atoms with Crippen molar-refractivity contribution in [1.29, 1.82) is 0 Å². The molecular weight excluding hydrogens is 282 g/mol. The van der Waals surface area contributed by atoms with E-state index in [0.717, 1.165) is 21.3 Å². The van der Waals surface area contributed by atoms with Gasteiger partial charge in [0.05, 0.1) is 30.4 Å². The highest BCUT2D eigenvalue weighted by Gasteiger charge is 2.27. The number of aromatic nitrogens is 1. The van der Waals surface area contributed by atoms with Gasteiger partial charge in [0.25, 0.3) is 0 Å². The fourth-order valence-electron chi connectivity index (χ4n) is 3.17. The molecule has 0 fully saturated rings. The molecule has 0 radical (unpaired) electrons. The van der Waals surface area contributed by atoms with E-state index in [2.05, 4.69) is 4.98 Å². The number of benzene rings is 1. The average Bonchev–Trinajstić information content (AvgIpc) is 3.06. The maximum atomic E-state index is 12.2. The van der Waals surface area contributed by atoms with Gasteiger partial charge in [-0.25, -0.2) is 0 Å². The van der Waals surface area contributed by atoms with Gasteiger partial charge in [-0.05, 0) is 18.2 Å². The normalized spacial score (nSPS) is 14.6. The molecule has 0 amide bonds. The van der Waals surface area contributed by atoms with Gasteiger partial charge < -0.3 is 14.5 Å². The number of carbonyl (C=O) groups is 2. The van der Waals surface area contributed by atoms with E-state index in [1.807, 2.05) is 18.2 Å². The summed E-state index contributed by atoms with van der Waals surface area (Å²) < 4.78 is 10.8. The molecule has 1 aromatic carbocycles. The summed E-state index contributed by atoms with van der Waals surface area (Å²) in [6, 6.07) is 3.66. The number of nitrogens with one attached hydrogen (secondary N) is 1. The molecule has 4 rings (SSSR count). The zero-order valence-corrected chi connectivity index (χ0v) is 12.1. The molecule has 0 saturated heterocycles. The van der Waals surface area contributed by atoms with Crippen LogP contribution >= 0.6 is 0 Å². The largest absolute Gasteiger partial charge is 0.496 e. The lowest BCUT2D eigenvalue weighted by Crippen LogP contribution is -2.27. The zero-order valence-electron chi connectivity index (χ0n) is 12.1. The summed E-state index contributed by atoms with van der Waals surface area (Å²) in [6.07, 6.45) is 3.79. The second-order valence-electron chi connectivity index (χ2n) is 5.27. The molecule has 1 aromatic heterocycles. The molecule has 22 heavy (non-hydrogen) atoms. The van der Waals surface area contributed by atoms with Crippen LogP contribution in [-0.4, -0.2) is 30.8 Å². The van der Waals surface area contributed by atoms with Crippen LogP contribution in [0.15, 0.2) is 12.1 Å². The highest BCUT2D eigenvalue weighted by Crippen LogP contribution is 2.23. The number of hydrogen-bond acceptors (Lipinski definition) is 4. The van der Waals surface area contributed by atoms with E-state index in [1.165, 1.54) is 0 Å². The minimum atomic E-state index is -0.433. The second-order valence-corrected chi connectivity index (χ2v) is 5.27. The van der Waals surface area contributed by atoms with E-state index < -0.39 is 5.78 Å². The highest BCUT2D eigenvalue weighted by atomic mass is 16.5. The number of aromatic amines is 1. The smallest absolute Gasteiger partial charge is 0.231 e. The first-order valence-corrected chi connectivity index (χ1v) is 6.92. The van der Waals surface area contributed by atoms with Gasteiger partial charge in [-0.2, -0.15) is 0 Å². The summed E-state index contributed by atoms with van der Waals surface area (Å²) in [5.74, 6) is 0.588. The Morgan fingerprint density at radius 2 is 1.82 bits per heavy atom. The Morgan fingerprint density at radius 3 is 2.55 bits per heavy atom. The molecule has 5 nitrogen and oxygen atoms in total. The van der Waals surface area contributed by atoms with Crippen molar-refractivity contribution < 1.29 is 19.1 Å². The summed E-state index contributed by atoms with van der Waals surface area (Å²) in [4.78, 5) is 27.2. The predicted molar refractivity (Wildman–Crippen MR) is 79.2 cm³/mol. The van der Waals surface area contributed by atoms with Crippen molar-refractivity contribution in [2.75, 3.05) is 14.2 Å². The van der Waals surface area contributed by atoms with Crippen molar-refractivity contribution in [3.05, 3.63) is 44.4 Å². The third-order valence-electron chi connectivity index (χ3n) is 4.19. The van der Waals surface area contributed by atoms with Crippen molar-refractivity contribution in [2.45, 2.75) is 6.42 Å². The summed E-state index contributed by atoms with van der Waals surface area (Å²) >= 11 is 0. The van der Waals surface area contributed by atoms with Gasteiger partial charge in [0, 0.05) is 22.6 Å². The van der Waals surface area contributed by atoms with Crippen molar-refractivity contribution in [3.63, 3.8) is 0 Å². The van der Waals surface area contributed by atoms with E-state index in [0.29, 0.717) is 22.4 Å². The lowest BCUT2D eigenvalue weighted by atomic mass is 9.98. The van der Waals surface area contributed by atoms with Crippen LogP contribution in [0.1, 0.15) is 22.3 Å². The fourth-order valence-corrected chi connectivity index (χ4v) is 3.17. The van der Waals surface area contributed by atoms with Gasteiger partial charge in [-0.3, -0.25) is 9.59 Å². The van der Waals surface area contributed by atoms with Crippen LogP contribution in [0.2, 0.25) is 0 Å². The zero-order chi connectivity index (χ0) is 15.4. The number of hydrogen-bond donors (Lipinski definition) is 1. The summed E-state index contributed by atoms with van der Waals surface area (Å²) in [6.45, 7) is 0. The Morgan fingerprint density at radius 1 is 1.09 bits per heavy atom. The van der Waals surface area contributed by atoms with Gasteiger partial charge in [-0.1, -0.05) is 6.08 Å². The average molecular weight is 295 g/mol. The van der Waals surface area contributed by atoms with E-state index in [9.17, 15) is 9.59 Å². The maximum absolute atomic E-state index is 12.2. The maximum Gasteiger partial charge on any atom is 0.231 e. The van der Waals surface area contributed by atoms with E-state index in [1.54, 1.807) is 20.3 Å². The molecule has 0 unspecified atom stereocenters. The highest BCUT2D eigenvalue weighted by molar-refractivity contribution is 6.46. The van der Waals surface area contributed by atoms with Crippen molar-refractivity contribution in [1.82, 2.24) is 4.98 Å². The molecule has 5 heteroatoms. The minimum absolute atomic E-state index is 0.146. The van der Waals surface area contributed by atoms with Gasteiger partial charge in [0.1, 0.15) is 11.5 Å². The van der Waals surface area contributed by atoms with Crippen LogP contribution in [-0.2, 0) is 4.79 Å². The third kappa shape index (κ3) is 1.48. The van der Waals surface area contributed by atoms with Crippen LogP contribution < -0.4 is 20.0 Å². The van der Waals surface area contributed by atoms with Crippen molar-refractivity contribution in [2.24, 2.45) is 0 Å².